The molecule has 0 unspecified atom stereocenters. The summed E-state index contributed by atoms with van der Waals surface area (Å²) in [6.07, 6.45) is 0.866. The highest BCUT2D eigenvalue weighted by molar-refractivity contribution is 6.33. The minimum absolute atomic E-state index is 0.135. The molecule has 6 heteroatoms. The summed E-state index contributed by atoms with van der Waals surface area (Å²) in [4.78, 5) is 14.2. The Morgan fingerprint density at radius 1 is 1.40 bits per heavy atom. The molecule has 1 aromatic carbocycles. The van der Waals surface area contributed by atoms with Gasteiger partial charge >= 0.3 is 0 Å². The van der Waals surface area contributed by atoms with Crippen LogP contribution in [0.2, 0.25) is 5.02 Å². The summed E-state index contributed by atoms with van der Waals surface area (Å²) >= 11 is 5.84. The maximum atomic E-state index is 12.9. The lowest BCUT2D eigenvalue weighted by molar-refractivity contribution is 0.0374. The van der Waals surface area contributed by atoms with Gasteiger partial charge in [0.15, 0.2) is 0 Å². The lowest BCUT2D eigenvalue weighted by Crippen LogP contribution is -2.38. The van der Waals surface area contributed by atoms with Gasteiger partial charge in [-0.05, 0) is 31.2 Å². The average molecular weight is 301 g/mol. The molecule has 1 fully saturated rings. The molecule has 1 saturated heterocycles. The molecule has 2 rings (SSSR count). The van der Waals surface area contributed by atoms with Crippen molar-refractivity contribution in [1.29, 1.82) is 0 Å². The Morgan fingerprint density at radius 2 is 2.15 bits per heavy atom. The Labute approximate surface area is 122 Å². The van der Waals surface area contributed by atoms with E-state index < -0.39 is 5.82 Å². The summed E-state index contributed by atoms with van der Waals surface area (Å²) < 4.78 is 18.2. The second kappa shape index (κ2) is 7.57. The van der Waals surface area contributed by atoms with Crippen LogP contribution in [0, 0.1) is 5.82 Å². The lowest BCUT2D eigenvalue weighted by atomic mass is 10.2. The van der Waals surface area contributed by atoms with Crippen molar-refractivity contribution in [3.63, 3.8) is 0 Å². The van der Waals surface area contributed by atoms with Gasteiger partial charge in [0.05, 0.1) is 23.8 Å². The Bertz CT molecular complexity index is 464. The molecular formula is C14H18ClFN2O2. The van der Waals surface area contributed by atoms with Crippen molar-refractivity contribution >= 4 is 17.5 Å². The number of carbonyl (C=O) groups excluding carboxylic acids is 1. The van der Waals surface area contributed by atoms with Crippen LogP contribution in [0.5, 0.6) is 0 Å². The molecule has 0 aromatic heterocycles. The van der Waals surface area contributed by atoms with E-state index in [-0.39, 0.29) is 10.9 Å². The minimum atomic E-state index is -0.445. The van der Waals surface area contributed by atoms with E-state index in [1.807, 2.05) is 0 Å². The fraction of sp³-hybridized carbons (Fsp3) is 0.500. The SMILES string of the molecule is O=C(NCCCN1CCOCC1)c1ccc(F)cc1Cl. The Morgan fingerprint density at radius 3 is 2.85 bits per heavy atom. The molecule has 4 nitrogen and oxygen atoms in total. The molecule has 1 heterocycles. The number of nitrogens with one attached hydrogen (secondary N) is 1. The summed E-state index contributed by atoms with van der Waals surface area (Å²) in [6, 6.07) is 3.77. The zero-order chi connectivity index (χ0) is 14.4. The van der Waals surface area contributed by atoms with Crippen LogP contribution in [0.1, 0.15) is 16.8 Å². The topological polar surface area (TPSA) is 41.6 Å². The maximum absolute atomic E-state index is 12.9. The zero-order valence-corrected chi connectivity index (χ0v) is 12.0. The number of rotatable bonds is 5. The van der Waals surface area contributed by atoms with Crippen molar-refractivity contribution in [1.82, 2.24) is 10.2 Å². The molecule has 1 aliphatic rings. The summed E-state index contributed by atoms with van der Waals surface area (Å²) in [5, 5.41) is 2.93. The van der Waals surface area contributed by atoms with E-state index in [0.717, 1.165) is 45.3 Å². The highest BCUT2D eigenvalue weighted by atomic mass is 35.5. The molecule has 0 radical (unpaired) electrons. The second-order valence-electron chi connectivity index (χ2n) is 4.69. The van der Waals surface area contributed by atoms with E-state index in [2.05, 4.69) is 10.2 Å². The maximum Gasteiger partial charge on any atom is 0.252 e. The van der Waals surface area contributed by atoms with E-state index in [0.29, 0.717) is 12.1 Å². The van der Waals surface area contributed by atoms with Crippen LogP contribution in [0.25, 0.3) is 0 Å². The van der Waals surface area contributed by atoms with Crippen molar-refractivity contribution in [2.24, 2.45) is 0 Å². The van der Waals surface area contributed by atoms with E-state index in [4.69, 9.17) is 16.3 Å². The van der Waals surface area contributed by atoms with Gasteiger partial charge < -0.3 is 10.1 Å². The largest absolute Gasteiger partial charge is 0.379 e. The van der Waals surface area contributed by atoms with Crippen LogP contribution in [-0.2, 0) is 4.74 Å². The van der Waals surface area contributed by atoms with E-state index >= 15 is 0 Å². The standard InChI is InChI=1S/C14H18ClFN2O2/c15-13-10-11(16)2-3-12(13)14(19)17-4-1-5-18-6-8-20-9-7-18/h2-3,10H,1,4-9H2,(H,17,19). The molecule has 0 spiro atoms. The van der Waals surface area contributed by atoms with Crippen molar-refractivity contribution in [2.75, 3.05) is 39.4 Å². The van der Waals surface area contributed by atoms with Gasteiger partial charge in [0.1, 0.15) is 5.82 Å². The fourth-order valence-electron chi connectivity index (χ4n) is 2.10. The first-order valence-electron chi connectivity index (χ1n) is 6.70. The average Bonchev–Trinajstić information content (AvgIpc) is 2.44. The van der Waals surface area contributed by atoms with Crippen LogP contribution in [-0.4, -0.2) is 50.2 Å². The number of amides is 1. The molecule has 0 aliphatic carbocycles. The third-order valence-corrected chi connectivity index (χ3v) is 3.53. The first-order chi connectivity index (χ1) is 9.66. The van der Waals surface area contributed by atoms with Crippen molar-refractivity contribution in [3.8, 4) is 0 Å². The molecule has 110 valence electrons. The summed E-state index contributed by atoms with van der Waals surface area (Å²) in [6.45, 7) is 4.94. The van der Waals surface area contributed by atoms with E-state index in [1.165, 1.54) is 12.1 Å². The second-order valence-corrected chi connectivity index (χ2v) is 5.09. The fourth-order valence-corrected chi connectivity index (χ4v) is 2.35. The predicted octanol–water partition coefficient (Wildman–Crippen LogP) is 1.93. The van der Waals surface area contributed by atoms with Crippen LogP contribution < -0.4 is 5.32 Å². The molecule has 1 N–H and O–H groups in total. The van der Waals surface area contributed by atoms with Gasteiger partial charge in [-0.3, -0.25) is 9.69 Å². The van der Waals surface area contributed by atoms with Gasteiger partial charge in [-0.2, -0.15) is 0 Å². The normalized spacial score (nSPS) is 16.1. The third-order valence-electron chi connectivity index (χ3n) is 3.22. The monoisotopic (exact) mass is 300 g/mol. The molecule has 1 amide bonds. The molecular weight excluding hydrogens is 283 g/mol. The van der Waals surface area contributed by atoms with Gasteiger partial charge in [0.25, 0.3) is 5.91 Å². The highest BCUT2D eigenvalue weighted by Gasteiger charge is 2.12. The molecule has 20 heavy (non-hydrogen) atoms. The van der Waals surface area contributed by atoms with Crippen LogP contribution >= 0.6 is 11.6 Å². The van der Waals surface area contributed by atoms with Crippen LogP contribution in [0.3, 0.4) is 0 Å². The number of hydrogen-bond acceptors (Lipinski definition) is 3. The van der Waals surface area contributed by atoms with Gasteiger partial charge in [0.2, 0.25) is 0 Å². The molecule has 1 aromatic rings. The Kier molecular flexibility index (Phi) is 5.76. The molecule has 1 aliphatic heterocycles. The zero-order valence-electron chi connectivity index (χ0n) is 11.2. The third kappa shape index (κ3) is 4.44. The number of benzene rings is 1. The Hall–Kier alpha value is -1.17. The number of halogens is 2. The first-order valence-corrected chi connectivity index (χ1v) is 7.08. The summed E-state index contributed by atoms with van der Waals surface area (Å²) in [5.74, 6) is -0.712. The predicted molar refractivity (Wildman–Crippen MR) is 75.6 cm³/mol. The lowest BCUT2D eigenvalue weighted by Gasteiger charge is -2.26. The molecule has 0 bridgehead atoms. The highest BCUT2D eigenvalue weighted by Crippen LogP contribution is 2.16. The van der Waals surface area contributed by atoms with Crippen LogP contribution in [0.15, 0.2) is 18.2 Å². The number of hydrogen-bond donors (Lipinski definition) is 1. The number of morpholine rings is 1. The number of carbonyl (C=O) groups is 1. The molecule has 0 saturated carbocycles. The number of nitrogens with zero attached hydrogens (tertiary/aromatic N) is 1. The van der Waals surface area contributed by atoms with Crippen molar-refractivity contribution < 1.29 is 13.9 Å². The first kappa shape index (κ1) is 15.2. The minimum Gasteiger partial charge on any atom is -0.379 e. The summed E-state index contributed by atoms with van der Waals surface area (Å²) in [5.41, 5.74) is 0.305. The summed E-state index contributed by atoms with van der Waals surface area (Å²) in [7, 11) is 0. The molecule has 0 atom stereocenters. The van der Waals surface area contributed by atoms with Gasteiger partial charge in [-0.1, -0.05) is 11.6 Å². The van der Waals surface area contributed by atoms with Gasteiger partial charge in [0, 0.05) is 19.6 Å². The van der Waals surface area contributed by atoms with E-state index in [1.54, 1.807) is 0 Å². The van der Waals surface area contributed by atoms with Crippen LogP contribution in [0.4, 0.5) is 4.39 Å². The van der Waals surface area contributed by atoms with Gasteiger partial charge in [-0.15, -0.1) is 0 Å². The van der Waals surface area contributed by atoms with Gasteiger partial charge in [-0.25, -0.2) is 4.39 Å². The number of ether oxygens (including phenoxy) is 1. The quantitative estimate of drug-likeness (QED) is 0.845. The smallest absolute Gasteiger partial charge is 0.252 e. The Balaban J connectivity index is 1.72. The van der Waals surface area contributed by atoms with E-state index in [9.17, 15) is 9.18 Å². The van der Waals surface area contributed by atoms with Crippen molar-refractivity contribution in [2.45, 2.75) is 6.42 Å². The van der Waals surface area contributed by atoms with Crippen molar-refractivity contribution in [3.05, 3.63) is 34.6 Å².